The number of rotatable bonds is 5. The summed E-state index contributed by atoms with van der Waals surface area (Å²) >= 11 is 10.1. The van der Waals surface area contributed by atoms with E-state index in [1.807, 2.05) is 25.1 Å². The van der Waals surface area contributed by atoms with Gasteiger partial charge in [-0.1, -0.05) is 60.2 Å². The third kappa shape index (κ3) is 3.29. The number of carbonyl (C=O) groups excluding carboxylic acids is 2. The molecule has 3 rings (SSSR count). The summed E-state index contributed by atoms with van der Waals surface area (Å²) in [4.78, 5) is 29.8. The van der Waals surface area contributed by atoms with E-state index in [2.05, 4.69) is 22.9 Å². The number of fused-ring (bicyclic) bond motifs is 1. The second-order valence-electron chi connectivity index (χ2n) is 6.00. The summed E-state index contributed by atoms with van der Waals surface area (Å²) in [5.74, 6) is -0.248. The Bertz CT molecular complexity index is 791. The second-order valence-corrected chi connectivity index (χ2v) is 8.56. The van der Waals surface area contributed by atoms with Crippen LogP contribution in [0.25, 0.3) is 5.57 Å². The maximum atomic E-state index is 13.1. The van der Waals surface area contributed by atoms with Gasteiger partial charge in [0.1, 0.15) is 4.32 Å². The Labute approximate surface area is 165 Å². The summed E-state index contributed by atoms with van der Waals surface area (Å²) in [6.07, 6.45) is 2.75. The van der Waals surface area contributed by atoms with Crippen LogP contribution in [-0.4, -0.2) is 34.1 Å². The largest absolute Gasteiger partial charge is 0.308 e. The Balaban J connectivity index is 2.10. The van der Waals surface area contributed by atoms with Crippen LogP contribution in [0.1, 0.15) is 38.7 Å². The minimum absolute atomic E-state index is 0.0986. The SMILES string of the molecule is CCCCN1C(=O)C(=C2SC(=S)N(CCC)C2=O)c2cc(Br)ccc21. The van der Waals surface area contributed by atoms with Gasteiger partial charge in [-0.05, 0) is 31.0 Å². The predicted octanol–water partition coefficient (Wildman–Crippen LogP) is 4.58. The van der Waals surface area contributed by atoms with Gasteiger partial charge in [0.15, 0.2) is 0 Å². The van der Waals surface area contributed by atoms with Crippen molar-refractivity contribution < 1.29 is 9.59 Å². The molecule has 0 atom stereocenters. The van der Waals surface area contributed by atoms with E-state index in [0.717, 1.165) is 35.0 Å². The van der Waals surface area contributed by atoms with Crippen LogP contribution in [0.4, 0.5) is 5.69 Å². The first-order valence-corrected chi connectivity index (χ1v) is 10.4. The number of amides is 2. The molecule has 2 amide bonds. The summed E-state index contributed by atoms with van der Waals surface area (Å²) in [6.45, 7) is 5.34. The van der Waals surface area contributed by atoms with Crippen LogP contribution < -0.4 is 4.90 Å². The molecule has 25 heavy (non-hydrogen) atoms. The molecule has 7 heteroatoms. The number of carbonyl (C=O) groups is 2. The molecule has 0 aromatic heterocycles. The van der Waals surface area contributed by atoms with Crippen molar-refractivity contribution in [2.45, 2.75) is 33.1 Å². The van der Waals surface area contributed by atoms with Gasteiger partial charge in [0.25, 0.3) is 11.8 Å². The van der Waals surface area contributed by atoms with Crippen LogP contribution in [0, 0.1) is 0 Å². The predicted molar refractivity (Wildman–Crippen MR) is 111 cm³/mol. The van der Waals surface area contributed by atoms with Gasteiger partial charge < -0.3 is 4.90 Å². The molecule has 2 aliphatic heterocycles. The zero-order valence-corrected chi connectivity index (χ0v) is 17.4. The van der Waals surface area contributed by atoms with Gasteiger partial charge >= 0.3 is 0 Å². The first kappa shape index (κ1) is 18.6. The molecule has 0 N–H and O–H groups in total. The molecule has 0 saturated carbocycles. The first-order chi connectivity index (χ1) is 12.0. The third-order valence-electron chi connectivity index (χ3n) is 4.24. The number of thioether (sulfide) groups is 1. The third-order valence-corrected chi connectivity index (χ3v) is 6.18. The average molecular weight is 439 g/mol. The minimum atomic E-state index is -0.150. The highest BCUT2D eigenvalue weighted by atomic mass is 79.9. The molecular weight excluding hydrogens is 420 g/mol. The number of nitrogens with zero attached hydrogens (tertiary/aromatic N) is 2. The van der Waals surface area contributed by atoms with Crippen molar-refractivity contribution >= 4 is 67.3 Å². The quantitative estimate of drug-likeness (QED) is 0.498. The highest BCUT2D eigenvalue weighted by Gasteiger charge is 2.41. The number of thiocarbonyl (C=S) groups is 1. The summed E-state index contributed by atoms with van der Waals surface area (Å²) in [5.41, 5.74) is 2.17. The lowest BCUT2D eigenvalue weighted by Crippen LogP contribution is -2.30. The Morgan fingerprint density at radius 1 is 1.08 bits per heavy atom. The highest BCUT2D eigenvalue weighted by molar-refractivity contribution is 9.10. The fraction of sp³-hybridized carbons (Fsp3) is 0.389. The number of unbranched alkanes of at least 4 members (excludes halogenated alkanes) is 1. The van der Waals surface area contributed by atoms with E-state index >= 15 is 0 Å². The van der Waals surface area contributed by atoms with Crippen molar-refractivity contribution in [3.05, 3.63) is 33.1 Å². The van der Waals surface area contributed by atoms with E-state index in [-0.39, 0.29) is 11.8 Å². The van der Waals surface area contributed by atoms with E-state index in [4.69, 9.17) is 12.2 Å². The van der Waals surface area contributed by atoms with E-state index in [9.17, 15) is 9.59 Å². The van der Waals surface area contributed by atoms with Crippen molar-refractivity contribution in [3.63, 3.8) is 0 Å². The molecule has 1 saturated heterocycles. The maximum absolute atomic E-state index is 13.1. The van der Waals surface area contributed by atoms with Gasteiger partial charge in [-0.3, -0.25) is 14.5 Å². The lowest BCUT2D eigenvalue weighted by molar-refractivity contribution is -0.122. The fourth-order valence-electron chi connectivity index (χ4n) is 3.03. The van der Waals surface area contributed by atoms with Gasteiger partial charge in [0.2, 0.25) is 0 Å². The highest BCUT2D eigenvalue weighted by Crippen LogP contribution is 2.45. The molecule has 1 aromatic rings. The Kier molecular flexibility index (Phi) is 5.65. The van der Waals surface area contributed by atoms with Crippen LogP contribution in [0.3, 0.4) is 0 Å². The standard InChI is InChI=1S/C18H19BrN2O2S2/c1-3-5-9-20-13-7-6-11(19)10-12(13)14(16(20)22)15-17(23)21(8-4-2)18(24)25-15/h6-7,10H,3-5,8-9H2,1-2H3. The van der Waals surface area contributed by atoms with Crippen LogP contribution in [0.5, 0.6) is 0 Å². The zero-order valence-electron chi connectivity index (χ0n) is 14.2. The number of halogens is 1. The van der Waals surface area contributed by atoms with Crippen molar-refractivity contribution in [1.82, 2.24) is 4.90 Å². The molecule has 0 aliphatic carbocycles. The second kappa shape index (κ2) is 7.60. The van der Waals surface area contributed by atoms with Gasteiger partial charge in [0.05, 0.1) is 16.2 Å². The maximum Gasteiger partial charge on any atom is 0.267 e. The van der Waals surface area contributed by atoms with Crippen molar-refractivity contribution in [1.29, 1.82) is 0 Å². The van der Waals surface area contributed by atoms with E-state index in [1.54, 1.807) is 9.80 Å². The lowest BCUT2D eigenvalue weighted by Gasteiger charge is -2.16. The minimum Gasteiger partial charge on any atom is -0.308 e. The molecule has 0 unspecified atom stereocenters. The zero-order chi connectivity index (χ0) is 18.1. The smallest absolute Gasteiger partial charge is 0.267 e. The molecular formula is C18H19BrN2O2S2. The molecule has 1 fully saturated rings. The monoisotopic (exact) mass is 438 g/mol. The molecule has 4 nitrogen and oxygen atoms in total. The van der Waals surface area contributed by atoms with Crippen LogP contribution >= 0.6 is 39.9 Å². The summed E-state index contributed by atoms with van der Waals surface area (Å²) in [5, 5.41) is 0. The first-order valence-electron chi connectivity index (χ1n) is 8.39. The Morgan fingerprint density at radius 3 is 2.52 bits per heavy atom. The molecule has 132 valence electrons. The number of hydrogen-bond donors (Lipinski definition) is 0. The molecule has 2 heterocycles. The van der Waals surface area contributed by atoms with Crippen LogP contribution in [-0.2, 0) is 9.59 Å². The number of benzene rings is 1. The fourth-order valence-corrected chi connectivity index (χ4v) is 4.77. The van der Waals surface area contributed by atoms with Crippen LogP contribution in [0.15, 0.2) is 27.6 Å². The Morgan fingerprint density at radius 2 is 1.84 bits per heavy atom. The lowest BCUT2D eigenvalue weighted by atomic mass is 10.1. The van der Waals surface area contributed by atoms with Gasteiger partial charge in [-0.25, -0.2) is 0 Å². The molecule has 1 aromatic carbocycles. The van der Waals surface area contributed by atoms with E-state index < -0.39 is 0 Å². The Hall–Kier alpha value is -1.18. The summed E-state index contributed by atoms with van der Waals surface area (Å²) < 4.78 is 1.42. The summed E-state index contributed by atoms with van der Waals surface area (Å²) in [6, 6.07) is 5.78. The van der Waals surface area contributed by atoms with Gasteiger partial charge in [-0.2, -0.15) is 0 Å². The number of anilines is 1. The normalized spacial score (nSPS) is 20.0. The number of hydrogen-bond acceptors (Lipinski definition) is 4. The molecule has 2 aliphatic rings. The average Bonchev–Trinajstić information content (AvgIpc) is 3.00. The van der Waals surface area contributed by atoms with E-state index in [0.29, 0.717) is 27.9 Å². The van der Waals surface area contributed by atoms with E-state index in [1.165, 1.54) is 11.8 Å². The summed E-state index contributed by atoms with van der Waals surface area (Å²) in [7, 11) is 0. The van der Waals surface area contributed by atoms with Crippen molar-refractivity contribution in [2.75, 3.05) is 18.0 Å². The molecule has 0 spiro atoms. The molecule has 0 bridgehead atoms. The van der Waals surface area contributed by atoms with Crippen molar-refractivity contribution in [3.8, 4) is 0 Å². The molecule has 0 radical (unpaired) electrons. The topological polar surface area (TPSA) is 40.6 Å². The van der Waals surface area contributed by atoms with Gasteiger partial charge in [-0.15, -0.1) is 0 Å². The van der Waals surface area contributed by atoms with Crippen molar-refractivity contribution in [2.24, 2.45) is 0 Å². The van der Waals surface area contributed by atoms with Crippen LogP contribution in [0.2, 0.25) is 0 Å². The van der Waals surface area contributed by atoms with Gasteiger partial charge in [0, 0.05) is 23.1 Å².